The molecule has 1 aliphatic heterocycles. The van der Waals surface area contributed by atoms with E-state index in [-0.39, 0.29) is 0 Å². The van der Waals surface area contributed by atoms with Gasteiger partial charge in [0.15, 0.2) is 0 Å². The Labute approximate surface area is 123 Å². The van der Waals surface area contributed by atoms with Gasteiger partial charge in [-0.05, 0) is 32.8 Å². The highest BCUT2D eigenvalue weighted by Gasteiger charge is 2.25. The lowest BCUT2D eigenvalue weighted by Gasteiger charge is -2.38. The Morgan fingerprint density at radius 3 is 2.80 bits per heavy atom. The fraction of sp³-hybridized carbons (Fsp3) is 0.812. The van der Waals surface area contributed by atoms with Crippen LogP contribution in [0.25, 0.3) is 0 Å². The van der Waals surface area contributed by atoms with Gasteiger partial charge in [-0.1, -0.05) is 20.3 Å². The van der Waals surface area contributed by atoms with Gasteiger partial charge < -0.3 is 5.32 Å². The van der Waals surface area contributed by atoms with Crippen LogP contribution in [0.3, 0.4) is 0 Å². The van der Waals surface area contributed by atoms with Gasteiger partial charge in [0, 0.05) is 38.3 Å². The Bertz CT molecular complexity index is 413. The topological polar surface area (TPSA) is 33.1 Å². The van der Waals surface area contributed by atoms with E-state index in [4.69, 9.17) is 0 Å². The summed E-state index contributed by atoms with van der Waals surface area (Å²) in [5, 5.41) is 8.33. The van der Waals surface area contributed by atoms with Crippen molar-refractivity contribution in [2.45, 2.75) is 72.1 Å². The molecule has 0 aliphatic carbocycles. The van der Waals surface area contributed by atoms with Crippen molar-refractivity contribution in [1.82, 2.24) is 20.0 Å². The maximum Gasteiger partial charge on any atom is 0.0625 e. The average Bonchev–Trinajstić information content (AvgIpc) is 2.85. The van der Waals surface area contributed by atoms with Gasteiger partial charge in [-0.3, -0.25) is 9.58 Å². The van der Waals surface area contributed by atoms with E-state index >= 15 is 0 Å². The molecule has 1 aliphatic rings. The van der Waals surface area contributed by atoms with Crippen molar-refractivity contribution in [3.8, 4) is 0 Å². The zero-order valence-electron chi connectivity index (χ0n) is 13.5. The highest BCUT2D eigenvalue weighted by atomic mass is 15.3. The number of aromatic nitrogens is 2. The minimum atomic E-state index is 0.605. The summed E-state index contributed by atoms with van der Waals surface area (Å²) in [6.07, 6.45) is 3.55. The van der Waals surface area contributed by atoms with E-state index in [1.807, 2.05) is 0 Å². The van der Waals surface area contributed by atoms with E-state index < -0.39 is 0 Å². The Balaban J connectivity index is 2.05. The molecule has 1 aromatic heterocycles. The Morgan fingerprint density at radius 1 is 1.35 bits per heavy atom. The molecule has 0 saturated carbocycles. The summed E-state index contributed by atoms with van der Waals surface area (Å²) in [5.41, 5.74) is 2.59. The second kappa shape index (κ2) is 7.23. The summed E-state index contributed by atoms with van der Waals surface area (Å²) in [6, 6.07) is 3.54. The van der Waals surface area contributed by atoms with E-state index in [1.165, 1.54) is 24.2 Å². The summed E-state index contributed by atoms with van der Waals surface area (Å²) < 4.78 is 2.17. The van der Waals surface area contributed by atoms with Gasteiger partial charge in [0.2, 0.25) is 0 Å². The van der Waals surface area contributed by atoms with Gasteiger partial charge >= 0.3 is 0 Å². The Hall–Kier alpha value is -0.870. The molecule has 1 N–H and O–H groups in total. The van der Waals surface area contributed by atoms with Crippen molar-refractivity contribution in [1.29, 1.82) is 0 Å². The van der Waals surface area contributed by atoms with Gasteiger partial charge in [-0.2, -0.15) is 5.10 Å². The first-order chi connectivity index (χ1) is 9.67. The van der Waals surface area contributed by atoms with Crippen molar-refractivity contribution >= 4 is 0 Å². The summed E-state index contributed by atoms with van der Waals surface area (Å²) in [7, 11) is 0. The number of aryl methyl sites for hydroxylation is 2. The lowest BCUT2D eigenvalue weighted by atomic mass is 10.1. The molecule has 0 amide bonds. The Morgan fingerprint density at radius 2 is 2.15 bits per heavy atom. The highest BCUT2D eigenvalue weighted by molar-refractivity contribution is 5.11. The molecule has 20 heavy (non-hydrogen) atoms. The smallest absolute Gasteiger partial charge is 0.0625 e. The molecular formula is C16H30N4. The summed E-state index contributed by atoms with van der Waals surface area (Å²) in [4.78, 5) is 2.61. The molecule has 0 aromatic carbocycles. The van der Waals surface area contributed by atoms with Crippen LogP contribution in [0.1, 0.15) is 51.9 Å². The van der Waals surface area contributed by atoms with Crippen LogP contribution in [0.5, 0.6) is 0 Å². The van der Waals surface area contributed by atoms with Gasteiger partial charge in [0.1, 0.15) is 0 Å². The van der Waals surface area contributed by atoms with Crippen LogP contribution in [0.15, 0.2) is 6.07 Å². The molecule has 0 radical (unpaired) electrons. The third kappa shape index (κ3) is 3.61. The van der Waals surface area contributed by atoms with Crippen LogP contribution in [-0.4, -0.2) is 39.9 Å². The molecule has 1 aromatic rings. The van der Waals surface area contributed by atoms with Crippen LogP contribution < -0.4 is 5.32 Å². The number of nitrogens with one attached hydrogen (secondary N) is 1. The van der Waals surface area contributed by atoms with E-state index in [0.29, 0.717) is 12.1 Å². The van der Waals surface area contributed by atoms with Crippen LogP contribution in [0.2, 0.25) is 0 Å². The van der Waals surface area contributed by atoms with Gasteiger partial charge in [0.05, 0.1) is 11.4 Å². The van der Waals surface area contributed by atoms with E-state index in [1.54, 1.807) is 0 Å². The third-order valence-corrected chi connectivity index (χ3v) is 4.36. The third-order valence-electron chi connectivity index (χ3n) is 4.36. The molecule has 2 atom stereocenters. The minimum Gasteiger partial charge on any atom is -0.311 e. The zero-order chi connectivity index (χ0) is 14.5. The van der Waals surface area contributed by atoms with Crippen molar-refractivity contribution < 1.29 is 0 Å². The standard InChI is InChI=1S/C16H30N4/c1-5-8-15-11-19(13(4)10-17-15)12-16-9-14(6-2)18-20(16)7-3/h9,13,15,17H,5-8,10-12H2,1-4H3. The van der Waals surface area contributed by atoms with Gasteiger partial charge in [0.25, 0.3) is 0 Å². The Kier molecular flexibility index (Phi) is 5.61. The SMILES string of the molecule is CCCC1CN(Cc2cc(CC)nn2CC)C(C)CN1. The first kappa shape index (κ1) is 15.5. The summed E-state index contributed by atoms with van der Waals surface area (Å²) in [6.45, 7) is 13.2. The number of nitrogens with zero attached hydrogens (tertiary/aromatic N) is 3. The second-order valence-corrected chi connectivity index (χ2v) is 5.97. The number of hydrogen-bond donors (Lipinski definition) is 1. The lowest BCUT2D eigenvalue weighted by molar-refractivity contribution is 0.126. The van der Waals surface area contributed by atoms with E-state index in [0.717, 1.165) is 32.6 Å². The lowest BCUT2D eigenvalue weighted by Crippen LogP contribution is -2.54. The van der Waals surface area contributed by atoms with Gasteiger partial charge in [-0.25, -0.2) is 0 Å². The quantitative estimate of drug-likeness (QED) is 0.867. The van der Waals surface area contributed by atoms with Crippen LogP contribution in [-0.2, 0) is 19.5 Å². The molecule has 2 heterocycles. The predicted molar refractivity (Wildman–Crippen MR) is 83.8 cm³/mol. The first-order valence-corrected chi connectivity index (χ1v) is 8.20. The van der Waals surface area contributed by atoms with Gasteiger partial charge in [-0.15, -0.1) is 0 Å². The largest absolute Gasteiger partial charge is 0.311 e. The summed E-state index contributed by atoms with van der Waals surface area (Å²) >= 11 is 0. The second-order valence-electron chi connectivity index (χ2n) is 5.97. The molecule has 0 spiro atoms. The highest BCUT2D eigenvalue weighted by Crippen LogP contribution is 2.16. The monoisotopic (exact) mass is 278 g/mol. The minimum absolute atomic E-state index is 0.605. The maximum absolute atomic E-state index is 4.67. The van der Waals surface area contributed by atoms with Crippen molar-refractivity contribution in [2.75, 3.05) is 13.1 Å². The molecule has 0 bridgehead atoms. The van der Waals surface area contributed by atoms with Crippen molar-refractivity contribution in [3.05, 3.63) is 17.5 Å². The maximum atomic E-state index is 4.67. The predicted octanol–water partition coefficient (Wildman–Crippen LogP) is 2.43. The van der Waals surface area contributed by atoms with Crippen LogP contribution in [0.4, 0.5) is 0 Å². The molecular weight excluding hydrogens is 248 g/mol. The molecule has 2 rings (SSSR count). The molecule has 2 unspecified atom stereocenters. The molecule has 114 valence electrons. The van der Waals surface area contributed by atoms with Crippen LogP contribution in [0, 0.1) is 0 Å². The molecule has 1 saturated heterocycles. The number of rotatable bonds is 6. The number of piperazine rings is 1. The zero-order valence-corrected chi connectivity index (χ0v) is 13.5. The molecule has 1 fully saturated rings. The summed E-state index contributed by atoms with van der Waals surface area (Å²) in [5.74, 6) is 0. The van der Waals surface area contributed by atoms with E-state index in [9.17, 15) is 0 Å². The molecule has 4 nitrogen and oxygen atoms in total. The first-order valence-electron chi connectivity index (χ1n) is 8.20. The van der Waals surface area contributed by atoms with Crippen molar-refractivity contribution in [3.63, 3.8) is 0 Å². The fourth-order valence-corrected chi connectivity index (χ4v) is 3.05. The van der Waals surface area contributed by atoms with Crippen molar-refractivity contribution in [2.24, 2.45) is 0 Å². The van der Waals surface area contributed by atoms with Crippen LogP contribution >= 0.6 is 0 Å². The normalized spacial score (nSPS) is 24.2. The fourth-order valence-electron chi connectivity index (χ4n) is 3.05. The van der Waals surface area contributed by atoms with E-state index in [2.05, 4.69) is 53.8 Å². The number of hydrogen-bond acceptors (Lipinski definition) is 3. The average molecular weight is 278 g/mol. The molecule has 4 heteroatoms.